The Balaban J connectivity index is 1.58. The molecule has 0 bridgehead atoms. The monoisotopic (exact) mass is 394 g/mol. The van der Waals surface area contributed by atoms with Gasteiger partial charge in [0.2, 0.25) is 0 Å². The van der Waals surface area contributed by atoms with E-state index in [0.29, 0.717) is 17.2 Å². The Morgan fingerprint density at radius 2 is 1.89 bits per heavy atom. The Hall–Kier alpha value is -2.86. The molecule has 144 valence electrons. The van der Waals surface area contributed by atoms with Gasteiger partial charge in [-0.15, -0.1) is 11.3 Å². The van der Waals surface area contributed by atoms with Crippen molar-refractivity contribution >= 4 is 17.2 Å². The van der Waals surface area contributed by atoms with Crippen LogP contribution < -0.4 is 9.47 Å². The lowest BCUT2D eigenvalue weighted by Gasteiger charge is -2.25. The molecule has 6 heteroatoms. The van der Waals surface area contributed by atoms with Crippen molar-refractivity contribution in [3.05, 3.63) is 65.2 Å². The maximum absolute atomic E-state index is 13.2. The molecule has 0 aliphatic carbocycles. The summed E-state index contributed by atoms with van der Waals surface area (Å²) in [4.78, 5) is 19.7. The summed E-state index contributed by atoms with van der Waals surface area (Å²) in [5.74, 6) is 1.35. The van der Waals surface area contributed by atoms with Gasteiger partial charge >= 0.3 is 0 Å². The van der Waals surface area contributed by atoms with Crippen molar-refractivity contribution in [1.82, 2.24) is 9.88 Å². The first kappa shape index (κ1) is 18.5. The van der Waals surface area contributed by atoms with Crippen LogP contribution in [0.3, 0.4) is 0 Å². The molecule has 3 aromatic rings. The van der Waals surface area contributed by atoms with Gasteiger partial charge in [0.1, 0.15) is 10.7 Å². The van der Waals surface area contributed by atoms with Gasteiger partial charge in [-0.1, -0.05) is 36.4 Å². The summed E-state index contributed by atoms with van der Waals surface area (Å²) in [5, 5.41) is 2.72. The van der Waals surface area contributed by atoms with E-state index in [2.05, 4.69) is 4.98 Å². The van der Waals surface area contributed by atoms with E-state index in [1.165, 1.54) is 11.3 Å². The van der Waals surface area contributed by atoms with Crippen LogP contribution in [0, 0.1) is 0 Å². The van der Waals surface area contributed by atoms with Crippen molar-refractivity contribution < 1.29 is 14.3 Å². The lowest BCUT2D eigenvalue weighted by atomic mass is 10.0. The van der Waals surface area contributed by atoms with Gasteiger partial charge in [0.05, 0.1) is 20.3 Å². The van der Waals surface area contributed by atoms with E-state index >= 15 is 0 Å². The molecule has 5 nitrogen and oxygen atoms in total. The van der Waals surface area contributed by atoms with Gasteiger partial charge in [0, 0.05) is 17.5 Å². The summed E-state index contributed by atoms with van der Waals surface area (Å²) < 4.78 is 10.8. The molecule has 0 N–H and O–H groups in total. The topological polar surface area (TPSA) is 51.7 Å². The van der Waals surface area contributed by atoms with Gasteiger partial charge < -0.3 is 14.4 Å². The van der Waals surface area contributed by atoms with Crippen LogP contribution in [0.2, 0.25) is 0 Å². The van der Waals surface area contributed by atoms with Crippen LogP contribution >= 0.6 is 11.3 Å². The number of nitrogens with zero attached hydrogens (tertiary/aromatic N) is 2. The Bertz CT molecular complexity index is 971. The smallest absolute Gasteiger partial charge is 0.273 e. The van der Waals surface area contributed by atoms with E-state index in [0.717, 1.165) is 35.5 Å². The minimum Gasteiger partial charge on any atom is -0.493 e. The molecule has 2 heterocycles. The molecule has 4 rings (SSSR count). The van der Waals surface area contributed by atoms with E-state index in [-0.39, 0.29) is 11.9 Å². The summed E-state index contributed by atoms with van der Waals surface area (Å²) in [7, 11) is 3.25. The molecule has 28 heavy (non-hydrogen) atoms. The zero-order chi connectivity index (χ0) is 19.5. The minimum atomic E-state index is -0.0179. The third-order valence-corrected chi connectivity index (χ3v) is 5.94. The highest BCUT2D eigenvalue weighted by atomic mass is 32.1. The quantitative estimate of drug-likeness (QED) is 0.623. The van der Waals surface area contributed by atoms with E-state index < -0.39 is 0 Å². The molecule has 1 atom stereocenters. The molecule has 0 radical (unpaired) electrons. The first-order chi connectivity index (χ1) is 13.7. The number of likely N-dealkylation sites (tertiary alicyclic amines) is 1. The number of hydrogen-bond donors (Lipinski definition) is 0. The van der Waals surface area contributed by atoms with Gasteiger partial charge in [-0.25, -0.2) is 4.98 Å². The first-order valence-corrected chi connectivity index (χ1v) is 10.1. The summed E-state index contributed by atoms with van der Waals surface area (Å²) >= 11 is 1.50. The molecule has 1 aliphatic heterocycles. The van der Waals surface area contributed by atoms with Crippen molar-refractivity contribution in [3.63, 3.8) is 0 Å². The molecule has 0 saturated carbocycles. The molecular formula is C22H22N2O3S. The van der Waals surface area contributed by atoms with Crippen LogP contribution in [-0.2, 0) is 0 Å². The number of benzene rings is 2. The Labute approximate surface area is 168 Å². The largest absolute Gasteiger partial charge is 0.493 e. The standard InChI is InChI=1S/C22H22N2O3S/c1-26-19-11-10-16(13-20(19)27-2)18-9-6-12-24(18)22(25)17-14-28-21(23-17)15-7-4-3-5-8-15/h3-5,7-8,10-11,13-14,18H,6,9,12H2,1-2H3. The highest BCUT2D eigenvalue weighted by Crippen LogP contribution is 2.38. The highest BCUT2D eigenvalue weighted by molar-refractivity contribution is 7.13. The van der Waals surface area contributed by atoms with Crippen LogP contribution in [0.1, 0.15) is 34.9 Å². The lowest BCUT2D eigenvalue weighted by Crippen LogP contribution is -2.30. The lowest BCUT2D eigenvalue weighted by molar-refractivity contribution is 0.0730. The summed E-state index contributed by atoms with van der Waals surface area (Å²) in [6.07, 6.45) is 1.90. The average Bonchev–Trinajstić information content (AvgIpc) is 3.43. The van der Waals surface area contributed by atoms with Crippen LogP contribution in [-0.4, -0.2) is 36.6 Å². The van der Waals surface area contributed by atoms with Crippen LogP contribution in [0.15, 0.2) is 53.9 Å². The van der Waals surface area contributed by atoms with Gasteiger partial charge in [-0.2, -0.15) is 0 Å². The van der Waals surface area contributed by atoms with Crippen LogP contribution in [0.25, 0.3) is 10.6 Å². The van der Waals surface area contributed by atoms with Crippen molar-refractivity contribution in [2.75, 3.05) is 20.8 Å². The van der Waals surface area contributed by atoms with Gasteiger partial charge in [0.25, 0.3) is 5.91 Å². The minimum absolute atomic E-state index is 0.0179. The maximum Gasteiger partial charge on any atom is 0.273 e. The summed E-state index contributed by atoms with van der Waals surface area (Å²) in [5.41, 5.74) is 2.60. The number of aromatic nitrogens is 1. The molecule has 1 aromatic heterocycles. The predicted octanol–water partition coefficient (Wildman–Crippen LogP) is 4.80. The number of carbonyl (C=O) groups excluding carboxylic acids is 1. The normalized spacial score (nSPS) is 16.2. The molecule has 0 spiro atoms. The fraction of sp³-hybridized carbons (Fsp3) is 0.273. The molecule has 2 aromatic carbocycles. The summed E-state index contributed by atoms with van der Waals surface area (Å²) in [6, 6.07) is 15.8. The number of hydrogen-bond acceptors (Lipinski definition) is 5. The Morgan fingerprint density at radius 3 is 2.64 bits per heavy atom. The zero-order valence-corrected chi connectivity index (χ0v) is 16.7. The molecular weight excluding hydrogens is 372 g/mol. The third kappa shape index (κ3) is 3.47. The maximum atomic E-state index is 13.2. The number of methoxy groups -OCH3 is 2. The average molecular weight is 394 g/mol. The first-order valence-electron chi connectivity index (χ1n) is 9.25. The van der Waals surface area contributed by atoms with E-state index in [1.54, 1.807) is 14.2 Å². The Morgan fingerprint density at radius 1 is 1.11 bits per heavy atom. The number of carbonyl (C=O) groups is 1. The van der Waals surface area contributed by atoms with E-state index in [9.17, 15) is 4.79 Å². The van der Waals surface area contributed by atoms with E-state index in [4.69, 9.17) is 9.47 Å². The zero-order valence-electron chi connectivity index (χ0n) is 15.9. The number of ether oxygens (including phenoxy) is 2. The van der Waals surface area contributed by atoms with Gasteiger partial charge in [-0.3, -0.25) is 4.79 Å². The number of thiazole rings is 1. The highest BCUT2D eigenvalue weighted by Gasteiger charge is 2.32. The van der Waals surface area contributed by atoms with Crippen molar-refractivity contribution in [1.29, 1.82) is 0 Å². The van der Waals surface area contributed by atoms with Crippen molar-refractivity contribution in [2.45, 2.75) is 18.9 Å². The second-order valence-corrected chi connectivity index (χ2v) is 7.53. The fourth-order valence-electron chi connectivity index (χ4n) is 3.65. The number of amides is 1. The SMILES string of the molecule is COc1ccc(C2CCCN2C(=O)c2csc(-c3ccccc3)n2)cc1OC. The second-order valence-electron chi connectivity index (χ2n) is 6.67. The molecule has 1 amide bonds. The summed E-state index contributed by atoms with van der Waals surface area (Å²) in [6.45, 7) is 0.732. The van der Waals surface area contributed by atoms with E-state index in [1.807, 2.05) is 58.8 Å². The van der Waals surface area contributed by atoms with Gasteiger partial charge in [-0.05, 0) is 30.5 Å². The molecule has 1 fully saturated rings. The fourth-order valence-corrected chi connectivity index (χ4v) is 4.45. The van der Waals surface area contributed by atoms with Gasteiger partial charge in [0.15, 0.2) is 11.5 Å². The number of rotatable bonds is 5. The Kier molecular flexibility index (Phi) is 5.30. The van der Waals surface area contributed by atoms with Crippen molar-refractivity contribution in [3.8, 4) is 22.1 Å². The van der Waals surface area contributed by atoms with Crippen LogP contribution in [0.4, 0.5) is 0 Å². The van der Waals surface area contributed by atoms with Crippen molar-refractivity contribution in [2.24, 2.45) is 0 Å². The predicted molar refractivity (Wildman–Crippen MR) is 110 cm³/mol. The van der Waals surface area contributed by atoms with Crippen LogP contribution in [0.5, 0.6) is 11.5 Å². The molecule has 1 saturated heterocycles. The third-order valence-electron chi connectivity index (χ3n) is 5.05. The molecule has 1 aliphatic rings. The molecule has 1 unspecified atom stereocenters. The second kappa shape index (κ2) is 8.02.